The highest BCUT2D eigenvalue weighted by Crippen LogP contribution is 2.66. The summed E-state index contributed by atoms with van der Waals surface area (Å²) >= 11 is 0. The van der Waals surface area contributed by atoms with Crippen LogP contribution < -0.4 is 0 Å². The Labute approximate surface area is 134 Å². The predicted octanol–water partition coefficient (Wildman–Crippen LogP) is 4.35. The smallest absolute Gasteiger partial charge is 0.405 e. The first kappa shape index (κ1) is 14.8. The van der Waals surface area contributed by atoms with E-state index in [1.54, 1.807) is 0 Å². The SMILES string of the molecule is CC(Cc1ccccc1)B1OC2CC3CC(C3(C)C)[C@]2(C)O1. The molecule has 22 heavy (non-hydrogen) atoms. The van der Waals surface area contributed by atoms with Gasteiger partial charge in [-0.2, -0.15) is 0 Å². The third kappa shape index (κ3) is 2.01. The molecule has 5 rings (SSSR count). The van der Waals surface area contributed by atoms with Crippen LogP contribution in [0.15, 0.2) is 30.3 Å². The van der Waals surface area contributed by atoms with E-state index in [0.29, 0.717) is 23.3 Å². The van der Waals surface area contributed by atoms with Crippen LogP contribution in [0, 0.1) is 17.3 Å². The highest BCUT2D eigenvalue weighted by Gasteiger charge is 2.68. The minimum atomic E-state index is -0.0755. The third-order valence-electron chi connectivity index (χ3n) is 6.83. The Morgan fingerprint density at radius 1 is 1.18 bits per heavy atom. The quantitative estimate of drug-likeness (QED) is 0.772. The summed E-state index contributed by atoms with van der Waals surface area (Å²) < 4.78 is 12.9. The molecule has 3 heteroatoms. The predicted molar refractivity (Wildman–Crippen MR) is 89.7 cm³/mol. The van der Waals surface area contributed by atoms with Crippen molar-refractivity contribution < 1.29 is 9.31 Å². The van der Waals surface area contributed by atoms with Crippen LogP contribution in [0.5, 0.6) is 0 Å². The molecule has 118 valence electrons. The van der Waals surface area contributed by atoms with Gasteiger partial charge in [-0.15, -0.1) is 0 Å². The molecule has 1 heterocycles. The van der Waals surface area contributed by atoms with E-state index in [1.165, 1.54) is 18.4 Å². The maximum absolute atomic E-state index is 6.55. The molecular weight excluding hydrogens is 271 g/mol. The van der Waals surface area contributed by atoms with Gasteiger partial charge in [-0.3, -0.25) is 0 Å². The Kier molecular flexibility index (Phi) is 3.26. The summed E-state index contributed by atoms with van der Waals surface area (Å²) in [6.07, 6.45) is 3.82. The highest BCUT2D eigenvalue weighted by molar-refractivity contribution is 6.47. The Morgan fingerprint density at radius 2 is 1.91 bits per heavy atom. The lowest BCUT2D eigenvalue weighted by Crippen LogP contribution is -2.65. The summed E-state index contributed by atoms with van der Waals surface area (Å²) in [6, 6.07) is 10.7. The van der Waals surface area contributed by atoms with Crippen molar-refractivity contribution in [3.05, 3.63) is 35.9 Å². The molecule has 3 saturated carbocycles. The standard InChI is InChI=1S/C19H27BO2/c1-13(10-14-8-6-5-7-9-14)20-21-17-12-15-11-16(18(15,2)3)19(17,4)22-20/h5-9,13,15-17H,10-12H2,1-4H3/t13?,15?,16?,17?,19-/m0/s1. The minimum Gasteiger partial charge on any atom is -0.405 e. The lowest BCUT2D eigenvalue weighted by atomic mass is 9.43. The highest BCUT2D eigenvalue weighted by atomic mass is 16.7. The zero-order valence-corrected chi connectivity index (χ0v) is 14.2. The molecule has 0 amide bonds. The number of hydrogen-bond acceptors (Lipinski definition) is 2. The Hall–Kier alpha value is -0.795. The third-order valence-corrected chi connectivity index (χ3v) is 6.83. The van der Waals surface area contributed by atoms with Gasteiger partial charge in [-0.25, -0.2) is 0 Å². The van der Waals surface area contributed by atoms with E-state index in [9.17, 15) is 0 Å². The van der Waals surface area contributed by atoms with Crippen molar-refractivity contribution in [2.45, 2.75) is 64.5 Å². The molecular formula is C19H27BO2. The molecule has 1 aliphatic heterocycles. The first-order valence-corrected chi connectivity index (χ1v) is 8.78. The van der Waals surface area contributed by atoms with Crippen LogP contribution in [0.1, 0.15) is 46.1 Å². The Bertz CT molecular complexity index is 558. The molecule has 5 atom stereocenters. The molecule has 1 aromatic carbocycles. The molecule has 0 spiro atoms. The zero-order chi connectivity index (χ0) is 15.5. The van der Waals surface area contributed by atoms with Crippen molar-refractivity contribution >= 4 is 7.12 Å². The van der Waals surface area contributed by atoms with Gasteiger partial charge in [0.05, 0.1) is 11.7 Å². The molecule has 1 aromatic rings. The van der Waals surface area contributed by atoms with Crippen molar-refractivity contribution in [3.8, 4) is 0 Å². The van der Waals surface area contributed by atoms with E-state index < -0.39 is 0 Å². The van der Waals surface area contributed by atoms with Gasteiger partial charge < -0.3 is 9.31 Å². The van der Waals surface area contributed by atoms with E-state index in [2.05, 4.69) is 58.0 Å². The van der Waals surface area contributed by atoms with E-state index >= 15 is 0 Å². The first-order chi connectivity index (χ1) is 10.4. The van der Waals surface area contributed by atoms with E-state index in [-0.39, 0.29) is 12.7 Å². The van der Waals surface area contributed by atoms with Gasteiger partial charge in [0.15, 0.2) is 0 Å². The molecule has 2 nitrogen and oxygen atoms in total. The topological polar surface area (TPSA) is 18.5 Å². The van der Waals surface area contributed by atoms with Crippen molar-refractivity contribution in [1.29, 1.82) is 0 Å². The fraction of sp³-hybridized carbons (Fsp3) is 0.684. The summed E-state index contributed by atoms with van der Waals surface area (Å²) in [7, 11) is -0.0506. The van der Waals surface area contributed by atoms with Crippen LogP contribution in [0.4, 0.5) is 0 Å². The lowest BCUT2D eigenvalue weighted by Gasteiger charge is -2.64. The Morgan fingerprint density at radius 3 is 2.59 bits per heavy atom. The van der Waals surface area contributed by atoms with Gasteiger partial charge in [0.1, 0.15) is 0 Å². The molecule has 3 aliphatic carbocycles. The lowest BCUT2D eigenvalue weighted by molar-refractivity contribution is -0.199. The van der Waals surface area contributed by atoms with Crippen molar-refractivity contribution in [1.82, 2.24) is 0 Å². The molecule has 4 fully saturated rings. The molecule has 4 aliphatic rings. The van der Waals surface area contributed by atoms with Crippen molar-refractivity contribution in [3.63, 3.8) is 0 Å². The van der Waals surface area contributed by atoms with E-state index in [4.69, 9.17) is 9.31 Å². The molecule has 2 bridgehead atoms. The largest absolute Gasteiger partial charge is 0.461 e. The van der Waals surface area contributed by atoms with Crippen molar-refractivity contribution in [2.75, 3.05) is 0 Å². The fourth-order valence-electron chi connectivity index (χ4n) is 5.23. The van der Waals surface area contributed by atoms with Gasteiger partial charge in [0.25, 0.3) is 0 Å². The van der Waals surface area contributed by atoms with E-state index in [1.807, 2.05) is 0 Å². The van der Waals surface area contributed by atoms with Gasteiger partial charge in [0.2, 0.25) is 0 Å². The van der Waals surface area contributed by atoms with Crippen LogP contribution in [-0.2, 0) is 15.7 Å². The normalized spacial score (nSPS) is 40.0. The van der Waals surface area contributed by atoms with E-state index in [0.717, 1.165) is 12.3 Å². The summed E-state index contributed by atoms with van der Waals surface area (Å²) in [5.41, 5.74) is 1.71. The number of hydrogen-bond donors (Lipinski definition) is 0. The monoisotopic (exact) mass is 298 g/mol. The minimum absolute atomic E-state index is 0.0506. The second kappa shape index (κ2) is 4.85. The van der Waals surface area contributed by atoms with Crippen LogP contribution in [0.25, 0.3) is 0 Å². The van der Waals surface area contributed by atoms with Gasteiger partial charge in [-0.1, -0.05) is 51.1 Å². The summed E-state index contributed by atoms with van der Waals surface area (Å²) in [4.78, 5) is 0. The maximum Gasteiger partial charge on any atom is 0.461 e. The molecule has 1 saturated heterocycles. The van der Waals surface area contributed by atoms with Crippen LogP contribution in [-0.4, -0.2) is 18.8 Å². The number of benzene rings is 1. The average molecular weight is 298 g/mol. The van der Waals surface area contributed by atoms with Crippen LogP contribution in [0.2, 0.25) is 5.82 Å². The fourth-order valence-corrected chi connectivity index (χ4v) is 5.23. The summed E-state index contributed by atoms with van der Waals surface area (Å²) in [5.74, 6) is 1.87. The van der Waals surface area contributed by atoms with Gasteiger partial charge in [0, 0.05) is 0 Å². The second-order valence-electron chi connectivity index (χ2n) is 8.50. The molecule has 0 radical (unpaired) electrons. The second-order valence-corrected chi connectivity index (χ2v) is 8.50. The first-order valence-electron chi connectivity index (χ1n) is 8.78. The van der Waals surface area contributed by atoms with Crippen LogP contribution in [0.3, 0.4) is 0 Å². The summed E-state index contributed by atoms with van der Waals surface area (Å²) in [6.45, 7) is 9.39. The molecule has 0 N–H and O–H groups in total. The summed E-state index contributed by atoms with van der Waals surface area (Å²) in [5, 5.41) is 0. The van der Waals surface area contributed by atoms with Crippen molar-refractivity contribution in [2.24, 2.45) is 17.3 Å². The Balaban J connectivity index is 1.48. The average Bonchev–Trinajstić information content (AvgIpc) is 2.85. The van der Waals surface area contributed by atoms with Gasteiger partial charge >= 0.3 is 7.12 Å². The van der Waals surface area contributed by atoms with Crippen LogP contribution >= 0.6 is 0 Å². The zero-order valence-electron chi connectivity index (χ0n) is 14.2. The molecule has 0 aromatic heterocycles. The number of rotatable bonds is 3. The maximum atomic E-state index is 6.55. The molecule has 4 unspecified atom stereocenters. The van der Waals surface area contributed by atoms with Gasteiger partial charge in [-0.05, 0) is 54.8 Å².